The molecule has 0 bridgehead atoms. The lowest BCUT2D eigenvalue weighted by Gasteiger charge is -2.19. The molecule has 0 aliphatic heterocycles. The minimum atomic E-state index is 0.112. The zero-order valence-electron chi connectivity index (χ0n) is 12.5. The monoisotopic (exact) mass is 280 g/mol. The minimum Gasteiger partial charge on any atom is -0.469 e. The van der Waals surface area contributed by atoms with E-state index < -0.39 is 0 Å². The predicted molar refractivity (Wildman–Crippen MR) is 85.3 cm³/mol. The van der Waals surface area contributed by atoms with Gasteiger partial charge in [-0.05, 0) is 36.9 Å². The van der Waals surface area contributed by atoms with Crippen molar-refractivity contribution in [1.82, 2.24) is 10.3 Å². The first-order valence-corrected chi connectivity index (χ1v) is 7.40. The second kappa shape index (κ2) is 6.10. The fourth-order valence-electron chi connectivity index (χ4n) is 2.68. The number of rotatable bonds is 5. The first-order chi connectivity index (χ1) is 10.3. The zero-order valence-corrected chi connectivity index (χ0v) is 12.5. The summed E-state index contributed by atoms with van der Waals surface area (Å²) >= 11 is 0. The Kier molecular flexibility index (Phi) is 4.02. The number of aryl methyl sites for hydroxylation is 1. The maximum Gasteiger partial charge on any atom is 0.101 e. The summed E-state index contributed by atoms with van der Waals surface area (Å²) in [4.78, 5) is 4.40. The van der Waals surface area contributed by atoms with Crippen molar-refractivity contribution in [3.05, 3.63) is 65.9 Å². The molecule has 0 spiro atoms. The zero-order chi connectivity index (χ0) is 14.7. The Morgan fingerprint density at radius 2 is 2.10 bits per heavy atom. The van der Waals surface area contributed by atoms with Crippen LogP contribution in [0.1, 0.15) is 36.3 Å². The van der Waals surface area contributed by atoms with Gasteiger partial charge in [0.25, 0.3) is 0 Å². The molecule has 1 atom stereocenters. The summed E-state index contributed by atoms with van der Waals surface area (Å²) in [5, 5.41) is 6.01. The Balaban J connectivity index is 2.09. The van der Waals surface area contributed by atoms with Gasteiger partial charge in [0.15, 0.2) is 0 Å². The minimum absolute atomic E-state index is 0.112. The molecule has 3 aromatic rings. The van der Waals surface area contributed by atoms with E-state index in [-0.39, 0.29) is 6.04 Å². The standard InChI is InChI=1S/C18H20N2O/c1-3-8-20-18(15-9-13(2)21-12-15)17-11-19-10-14-6-4-5-7-16(14)17/h4-7,9-12,18,20H,3,8H2,1-2H3. The van der Waals surface area contributed by atoms with Crippen LogP contribution in [0.5, 0.6) is 0 Å². The quantitative estimate of drug-likeness (QED) is 0.760. The highest BCUT2D eigenvalue weighted by Crippen LogP contribution is 2.29. The third-order valence-corrected chi connectivity index (χ3v) is 3.69. The maximum atomic E-state index is 5.50. The Labute approximate surface area is 125 Å². The lowest BCUT2D eigenvalue weighted by molar-refractivity contribution is 0.524. The van der Waals surface area contributed by atoms with Crippen LogP contribution in [-0.4, -0.2) is 11.5 Å². The summed E-state index contributed by atoms with van der Waals surface area (Å²) < 4.78 is 5.50. The molecule has 0 saturated heterocycles. The molecule has 3 heteroatoms. The number of aromatic nitrogens is 1. The van der Waals surface area contributed by atoms with Crippen molar-refractivity contribution in [2.24, 2.45) is 0 Å². The first-order valence-electron chi connectivity index (χ1n) is 7.40. The number of furan rings is 1. The molecule has 0 amide bonds. The largest absolute Gasteiger partial charge is 0.469 e. The van der Waals surface area contributed by atoms with Crippen molar-refractivity contribution < 1.29 is 4.42 Å². The fraction of sp³-hybridized carbons (Fsp3) is 0.278. The Hall–Kier alpha value is -2.13. The fourth-order valence-corrected chi connectivity index (χ4v) is 2.68. The highest BCUT2D eigenvalue weighted by atomic mass is 16.3. The molecule has 1 aromatic carbocycles. The van der Waals surface area contributed by atoms with Gasteiger partial charge in [0, 0.05) is 23.3 Å². The third-order valence-electron chi connectivity index (χ3n) is 3.69. The lowest BCUT2D eigenvalue weighted by Crippen LogP contribution is -2.23. The van der Waals surface area contributed by atoms with E-state index in [4.69, 9.17) is 4.42 Å². The second-order valence-corrected chi connectivity index (χ2v) is 5.33. The predicted octanol–water partition coefficient (Wildman–Crippen LogP) is 4.23. The summed E-state index contributed by atoms with van der Waals surface area (Å²) in [6, 6.07) is 10.6. The van der Waals surface area contributed by atoms with Gasteiger partial charge in [0.05, 0.1) is 12.3 Å². The van der Waals surface area contributed by atoms with Gasteiger partial charge in [0.2, 0.25) is 0 Å². The molecule has 3 nitrogen and oxygen atoms in total. The molecule has 0 aliphatic rings. The number of hydrogen-bond acceptors (Lipinski definition) is 3. The van der Waals surface area contributed by atoms with E-state index in [2.05, 4.69) is 41.5 Å². The Bertz CT molecular complexity index is 727. The van der Waals surface area contributed by atoms with Crippen molar-refractivity contribution in [1.29, 1.82) is 0 Å². The molecule has 3 rings (SSSR count). The smallest absolute Gasteiger partial charge is 0.101 e. The normalized spacial score (nSPS) is 12.7. The van der Waals surface area contributed by atoms with E-state index in [9.17, 15) is 0 Å². The molecule has 1 unspecified atom stereocenters. The van der Waals surface area contributed by atoms with Crippen LogP contribution in [0.15, 0.2) is 53.4 Å². The Morgan fingerprint density at radius 3 is 2.86 bits per heavy atom. The van der Waals surface area contributed by atoms with Crippen LogP contribution >= 0.6 is 0 Å². The molecule has 0 aliphatic carbocycles. The number of fused-ring (bicyclic) bond motifs is 1. The van der Waals surface area contributed by atoms with E-state index >= 15 is 0 Å². The SMILES string of the molecule is CCCNC(c1coc(C)c1)c1cncc2ccccc12. The van der Waals surface area contributed by atoms with E-state index in [0.29, 0.717) is 0 Å². The van der Waals surface area contributed by atoms with Crippen LogP contribution in [0, 0.1) is 6.92 Å². The van der Waals surface area contributed by atoms with Crippen LogP contribution in [0.3, 0.4) is 0 Å². The average molecular weight is 280 g/mol. The van der Waals surface area contributed by atoms with Crippen LogP contribution in [0.2, 0.25) is 0 Å². The number of pyridine rings is 1. The van der Waals surface area contributed by atoms with Gasteiger partial charge in [-0.15, -0.1) is 0 Å². The molecule has 2 aromatic heterocycles. The molecule has 0 saturated carbocycles. The molecular weight excluding hydrogens is 260 g/mol. The second-order valence-electron chi connectivity index (χ2n) is 5.33. The summed E-state index contributed by atoms with van der Waals surface area (Å²) in [7, 11) is 0. The highest BCUT2D eigenvalue weighted by Gasteiger charge is 2.18. The van der Waals surface area contributed by atoms with E-state index in [1.165, 1.54) is 16.3 Å². The summed E-state index contributed by atoms with van der Waals surface area (Å²) in [6.07, 6.45) is 6.80. The molecule has 108 valence electrons. The Morgan fingerprint density at radius 1 is 1.24 bits per heavy atom. The van der Waals surface area contributed by atoms with Gasteiger partial charge in [-0.1, -0.05) is 31.2 Å². The van der Waals surface area contributed by atoms with Crippen LogP contribution < -0.4 is 5.32 Å². The maximum absolute atomic E-state index is 5.50. The van der Waals surface area contributed by atoms with Gasteiger partial charge in [-0.25, -0.2) is 0 Å². The van der Waals surface area contributed by atoms with Crippen molar-refractivity contribution in [3.8, 4) is 0 Å². The van der Waals surface area contributed by atoms with E-state index in [1.54, 1.807) is 0 Å². The van der Waals surface area contributed by atoms with Gasteiger partial charge in [-0.3, -0.25) is 4.98 Å². The van der Waals surface area contributed by atoms with Crippen molar-refractivity contribution in [2.45, 2.75) is 26.3 Å². The summed E-state index contributed by atoms with van der Waals surface area (Å²) in [6.45, 7) is 5.10. The number of nitrogens with zero attached hydrogens (tertiary/aromatic N) is 1. The van der Waals surface area contributed by atoms with Crippen LogP contribution in [0.25, 0.3) is 10.8 Å². The third kappa shape index (κ3) is 2.83. The van der Waals surface area contributed by atoms with Crippen molar-refractivity contribution >= 4 is 10.8 Å². The van der Waals surface area contributed by atoms with Gasteiger partial charge in [0.1, 0.15) is 5.76 Å². The molecule has 1 N–H and O–H groups in total. The van der Waals surface area contributed by atoms with E-state index in [1.807, 2.05) is 31.6 Å². The van der Waals surface area contributed by atoms with E-state index in [0.717, 1.165) is 24.3 Å². The lowest BCUT2D eigenvalue weighted by atomic mass is 9.97. The highest BCUT2D eigenvalue weighted by molar-refractivity contribution is 5.85. The topological polar surface area (TPSA) is 38.1 Å². The first kappa shape index (κ1) is 13.8. The van der Waals surface area contributed by atoms with Gasteiger partial charge in [-0.2, -0.15) is 0 Å². The number of hydrogen-bond donors (Lipinski definition) is 1. The van der Waals surface area contributed by atoms with Crippen molar-refractivity contribution in [2.75, 3.05) is 6.54 Å². The summed E-state index contributed by atoms with van der Waals surface area (Å²) in [5.41, 5.74) is 2.35. The average Bonchev–Trinajstić information content (AvgIpc) is 2.94. The van der Waals surface area contributed by atoms with Gasteiger partial charge >= 0.3 is 0 Å². The molecule has 21 heavy (non-hydrogen) atoms. The number of nitrogens with one attached hydrogen (secondary N) is 1. The molecular formula is C18H20N2O. The van der Waals surface area contributed by atoms with Crippen LogP contribution in [0.4, 0.5) is 0 Å². The van der Waals surface area contributed by atoms with Crippen molar-refractivity contribution in [3.63, 3.8) is 0 Å². The molecule has 0 radical (unpaired) electrons. The van der Waals surface area contributed by atoms with Gasteiger partial charge < -0.3 is 9.73 Å². The molecule has 0 fully saturated rings. The molecule has 2 heterocycles. The summed E-state index contributed by atoms with van der Waals surface area (Å²) in [5.74, 6) is 0.932. The van der Waals surface area contributed by atoms with Crippen LogP contribution in [-0.2, 0) is 0 Å². The number of benzene rings is 1.